The van der Waals surface area contributed by atoms with Gasteiger partial charge >= 0.3 is 0 Å². The van der Waals surface area contributed by atoms with Gasteiger partial charge in [0.1, 0.15) is 11.7 Å². The lowest BCUT2D eigenvalue weighted by Gasteiger charge is -2.17. The molecule has 0 radical (unpaired) electrons. The largest absolute Gasteiger partial charge is 0.282 e. The van der Waals surface area contributed by atoms with Crippen LogP contribution in [0.1, 0.15) is 74.6 Å². The summed E-state index contributed by atoms with van der Waals surface area (Å²) in [5, 5.41) is 9.39. The van der Waals surface area contributed by atoms with Crippen molar-refractivity contribution in [2.75, 3.05) is 0 Å². The molecule has 0 aromatic heterocycles. The molecule has 4 aliphatic heterocycles. The number of amidine groups is 2. The number of nitrogens with one attached hydrogen (secondary N) is 2. The van der Waals surface area contributed by atoms with Crippen molar-refractivity contribution in [2.45, 2.75) is 77.5 Å². The van der Waals surface area contributed by atoms with Crippen LogP contribution in [0.5, 0.6) is 0 Å². The standard InChI is InChI=1S/2C23H24N4.ClH/c2*1-3-20-19(14-16(2)25-20)22-21(18-12-8-5-9-13-18)23(27-26-22)24-15-17-10-6-4-7-11-17;/h2*4-14,20-21H,3,15H2,1-2H3,(H,24,27);1H. The van der Waals surface area contributed by atoms with E-state index >= 15 is 0 Å². The minimum atomic E-state index is 0. The Morgan fingerprint density at radius 3 is 1.20 bits per heavy atom. The summed E-state index contributed by atoms with van der Waals surface area (Å²) in [5.74, 6) is 1.85. The predicted octanol–water partition coefficient (Wildman–Crippen LogP) is 9.44. The average molecular weight is 749 g/mol. The van der Waals surface area contributed by atoms with Gasteiger partial charge < -0.3 is 0 Å². The van der Waals surface area contributed by atoms with Gasteiger partial charge in [0.2, 0.25) is 0 Å². The molecule has 0 bridgehead atoms. The van der Waals surface area contributed by atoms with Crippen molar-refractivity contribution in [1.29, 1.82) is 0 Å². The summed E-state index contributed by atoms with van der Waals surface area (Å²) >= 11 is 0. The number of aliphatic imine (C=N–C) groups is 4. The van der Waals surface area contributed by atoms with E-state index in [9.17, 15) is 0 Å². The fourth-order valence-corrected chi connectivity index (χ4v) is 7.37. The number of hydrogen-bond donors (Lipinski definition) is 2. The van der Waals surface area contributed by atoms with Gasteiger partial charge in [-0.1, -0.05) is 135 Å². The maximum atomic E-state index is 4.87. The highest BCUT2D eigenvalue weighted by atomic mass is 35.5. The van der Waals surface area contributed by atoms with E-state index in [-0.39, 0.29) is 36.3 Å². The zero-order valence-corrected chi connectivity index (χ0v) is 32.7. The van der Waals surface area contributed by atoms with Crippen molar-refractivity contribution >= 4 is 46.9 Å². The highest BCUT2D eigenvalue weighted by molar-refractivity contribution is 6.25. The van der Waals surface area contributed by atoms with Crippen molar-refractivity contribution in [3.8, 4) is 0 Å². The Morgan fingerprint density at radius 1 is 0.509 bits per heavy atom. The van der Waals surface area contributed by atoms with Gasteiger partial charge in [-0.25, -0.2) is 0 Å². The van der Waals surface area contributed by atoms with E-state index in [0.29, 0.717) is 13.1 Å². The number of halogens is 1. The molecule has 0 spiro atoms. The number of hydrogen-bond acceptors (Lipinski definition) is 6. The predicted molar refractivity (Wildman–Crippen MR) is 232 cm³/mol. The van der Waals surface area contributed by atoms with Crippen molar-refractivity contribution < 1.29 is 0 Å². The van der Waals surface area contributed by atoms with Gasteiger partial charge in [-0.2, -0.15) is 10.2 Å². The number of hydrazone groups is 2. The minimum Gasteiger partial charge on any atom is -0.282 e. The SMILES string of the molecule is CCC1N=C(C)C=C1C1=NNC(=NCc2ccccc2)C1c1ccccc1.CCC1N=C(C)C=C1C1=NNC(=NCc2ccccc2)C1c1ccccc1.Cl. The molecule has 4 aromatic rings. The molecule has 0 saturated heterocycles. The van der Waals surface area contributed by atoms with E-state index in [0.717, 1.165) is 47.4 Å². The summed E-state index contributed by atoms with van der Waals surface area (Å²) in [6, 6.07) is 42.0. The lowest BCUT2D eigenvalue weighted by molar-refractivity contribution is 0.775. The van der Waals surface area contributed by atoms with E-state index in [1.165, 1.54) is 33.4 Å². The Hall–Kier alpha value is -5.73. The maximum absolute atomic E-state index is 4.87. The Balaban J connectivity index is 0.000000184. The molecule has 4 aliphatic rings. The van der Waals surface area contributed by atoms with Crippen LogP contribution in [-0.2, 0) is 13.1 Å². The second-order valence-corrected chi connectivity index (χ2v) is 13.9. The van der Waals surface area contributed by atoms with Crippen LogP contribution < -0.4 is 10.9 Å². The van der Waals surface area contributed by atoms with Crippen LogP contribution in [0.4, 0.5) is 0 Å². The van der Waals surface area contributed by atoms with Crippen LogP contribution >= 0.6 is 12.4 Å². The van der Waals surface area contributed by atoms with Crippen molar-refractivity contribution in [3.63, 3.8) is 0 Å². The van der Waals surface area contributed by atoms with Crippen LogP contribution in [-0.4, -0.2) is 46.6 Å². The zero-order valence-electron chi connectivity index (χ0n) is 31.9. The topological polar surface area (TPSA) is 98.2 Å². The van der Waals surface area contributed by atoms with E-state index in [4.69, 9.17) is 30.2 Å². The fourth-order valence-electron chi connectivity index (χ4n) is 7.37. The number of nitrogens with zero attached hydrogens (tertiary/aromatic N) is 6. The molecule has 9 heteroatoms. The summed E-state index contributed by atoms with van der Waals surface area (Å²) in [6.07, 6.45) is 6.29. The molecular formula is C46H49ClN8. The second-order valence-electron chi connectivity index (χ2n) is 13.9. The summed E-state index contributed by atoms with van der Waals surface area (Å²) < 4.78 is 0. The molecule has 55 heavy (non-hydrogen) atoms. The van der Waals surface area contributed by atoms with Gasteiger partial charge in [-0.05, 0) is 61.1 Å². The van der Waals surface area contributed by atoms with Crippen LogP contribution in [0.3, 0.4) is 0 Å². The van der Waals surface area contributed by atoms with Gasteiger partial charge in [0.15, 0.2) is 0 Å². The fraction of sp³-hybridized carbons (Fsp3) is 0.261. The van der Waals surface area contributed by atoms with E-state index < -0.39 is 0 Å². The first kappa shape index (κ1) is 39.0. The summed E-state index contributed by atoms with van der Waals surface area (Å²) in [4.78, 5) is 19.2. The first-order chi connectivity index (χ1) is 26.5. The molecule has 2 N–H and O–H groups in total. The van der Waals surface area contributed by atoms with Gasteiger partial charge in [0.05, 0.1) is 48.4 Å². The third-order valence-corrected chi connectivity index (χ3v) is 10.0. The van der Waals surface area contributed by atoms with Crippen LogP contribution in [0.15, 0.2) is 175 Å². The molecule has 0 amide bonds. The molecule has 8 nitrogen and oxygen atoms in total. The molecule has 0 aliphatic carbocycles. The molecule has 4 atom stereocenters. The first-order valence-electron chi connectivity index (χ1n) is 19.0. The van der Waals surface area contributed by atoms with E-state index in [2.05, 4.69) is 123 Å². The molecular weight excluding hydrogens is 700 g/mol. The zero-order chi connectivity index (χ0) is 37.3. The third kappa shape index (κ3) is 9.15. The summed E-state index contributed by atoms with van der Waals surface area (Å²) in [7, 11) is 0. The van der Waals surface area contributed by atoms with E-state index in [1.54, 1.807) is 0 Å². The lowest BCUT2D eigenvalue weighted by atomic mass is 9.86. The number of allylic oxidation sites excluding steroid dienone is 2. The smallest absolute Gasteiger partial charge is 0.131 e. The maximum Gasteiger partial charge on any atom is 0.131 e. The van der Waals surface area contributed by atoms with Crippen molar-refractivity contribution in [3.05, 3.63) is 167 Å². The normalized spacial score (nSPS) is 22.6. The molecule has 4 aromatic carbocycles. The molecule has 4 unspecified atom stereocenters. The summed E-state index contributed by atoms with van der Waals surface area (Å²) in [6.45, 7) is 9.74. The van der Waals surface area contributed by atoms with Crippen molar-refractivity contribution in [1.82, 2.24) is 10.9 Å². The average Bonchev–Trinajstić information content (AvgIpc) is 4.02. The number of benzene rings is 4. The Kier molecular flexibility index (Phi) is 13.1. The van der Waals surface area contributed by atoms with Gasteiger partial charge in [-0.3, -0.25) is 30.8 Å². The van der Waals surface area contributed by atoms with Gasteiger partial charge in [0.25, 0.3) is 0 Å². The molecule has 0 saturated carbocycles. The van der Waals surface area contributed by atoms with Crippen LogP contribution in [0.2, 0.25) is 0 Å². The van der Waals surface area contributed by atoms with Crippen molar-refractivity contribution in [2.24, 2.45) is 30.2 Å². The monoisotopic (exact) mass is 748 g/mol. The first-order valence-corrected chi connectivity index (χ1v) is 19.0. The highest BCUT2D eigenvalue weighted by Crippen LogP contribution is 2.33. The van der Waals surface area contributed by atoms with E-state index in [1.807, 2.05) is 48.5 Å². The van der Waals surface area contributed by atoms with Crippen LogP contribution in [0, 0.1) is 0 Å². The number of rotatable bonds is 10. The molecule has 280 valence electrons. The summed E-state index contributed by atoms with van der Waals surface area (Å²) in [5.41, 5.74) is 17.8. The quantitative estimate of drug-likeness (QED) is 0.169. The third-order valence-electron chi connectivity index (χ3n) is 10.0. The Bertz CT molecular complexity index is 2010. The van der Waals surface area contributed by atoms with Gasteiger partial charge in [-0.15, -0.1) is 12.4 Å². The van der Waals surface area contributed by atoms with Gasteiger partial charge in [0, 0.05) is 22.6 Å². The molecule has 0 fully saturated rings. The highest BCUT2D eigenvalue weighted by Gasteiger charge is 2.37. The van der Waals surface area contributed by atoms with Crippen LogP contribution in [0.25, 0.3) is 0 Å². The lowest BCUT2D eigenvalue weighted by Crippen LogP contribution is -2.25. The molecule has 4 heterocycles. The Labute approximate surface area is 331 Å². The molecule has 8 rings (SSSR count). The minimum absolute atomic E-state index is 0. The second kappa shape index (κ2) is 18.5. The Morgan fingerprint density at radius 2 is 0.855 bits per heavy atom.